The topological polar surface area (TPSA) is 94.0 Å². The molecule has 1 aromatic carbocycles. The van der Waals surface area contributed by atoms with Crippen LogP contribution in [0.4, 0.5) is 11.9 Å². The van der Waals surface area contributed by atoms with Crippen LogP contribution in [0.25, 0.3) is 11.2 Å². The molecule has 1 aliphatic heterocycles. The van der Waals surface area contributed by atoms with Gasteiger partial charge in [-0.3, -0.25) is 13.9 Å². The van der Waals surface area contributed by atoms with E-state index in [1.165, 1.54) is 4.57 Å². The normalized spacial score (nSPS) is 17.4. The van der Waals surface area contributed by atoms with Gasteiger partial charge in [0, 0.05) is 33.2 Å². The van der Waals surface area contributed by atoms with Gasteiger partial charge in [-0.15, -0.1) is 0 Å². The quantitative estimate of drug-likeness (QED) is 0.718. The second-order valence-corrected chi connectivity index (χ2v) is 7.05. The molecule has 8 heteroatoms. The number of hydrogen-bond acceptors (Lipinski definition) is 6. The number of aromatic nitrogens is 4. The Labute approximate surface area is 157 Å². The maximum Gasteiger partial charge on any atom is 0.281 e. The lowest BCUT2D eigenvalue weighted by Crippen LogP contribution is -2.44. The van der Waals surface area contributed by atoms with Crippen molar-refractivity contribution in [3.05, 3.63) is 46.2 Å². The summed E-state index contributed by atoms with van der Waals surface area (Å²) in [5.74, 6) is 1.26. The zero-order valence-electron chi connectivity index (χ0n) is 15.7. The van der Waals surface area contributed by atoms with Crippen molar-refractivity contribution in [2.24, 2.45) is 12.8 Å². The van der Waals surface area contributed by atoms with Gasteiger partial charge in [0.25, 0.3) is 5.56 Å². The molecule has 8 nitrogen and oxygen atoms in total. The molecule has 0 radical (unpaired) electrons. The highest BCUT2D eigenvalue weighted by Crippen LogP contribution is 2.24. The highest BCUT2D eigenvalue weighted by Gasteiger charge is 2.25. The zero-order valence-corrected chi connectivity index (χ0v) is 15.7. The van der Waals surface area contributed by atoms with Crippen molar-refractivity contribution in [2.45, 2.75) is 25.4 Å². The van der Waals surface area contributed by atoms with Crippen LogP contribution in [-0.2, 0) is 13.6 Å². The minimum absolute atomic E-state index is 0.111. The highest BCUT2D eigenvalue weighted by molar-refractivity contribution is 5.75. The smallest absolute Gasteiger partial charge is 0.281 e. The molecule has 1 atom stereocenters. The van der Waals surface area contributed by atoms with Gasteiger partial charge in [-0.05, 0) is 18.4 Å². The first kappa shape index (κ1) is 17.5. The molecule has 0 bridgehead atoms. The zero-order chi connectivity index (χ0) is 19.0. The first-order chi connectivity index (χ1) is 13.1. The van der Waals surface area contributed by atoms with Crippen molar-refractivity contribution in [1.29, 1.82) is 0 Å². The molecule has 142 valence electrons. The van der Waals surface area contributed by atoms with E-state index in [1.54, 1.807) is 14.1 Å². The van der Waals surface area contributed by atoms with E-state index in [2.05, 4.69) is 27.3 Å². The number of rotatable bonds is 4. The van der Waals surface area contributed by atoms with Crippen LogP contribution in [0.2, 0.25) is 0 Å². The summed E-state index contributed by atoms with van der Waals surface area (Å²) in [6.45, 7) is 2.18. The third kappa shape index (κ3) is 3.16. The van der Waals surface area contributed by atoms with Gasteiger partial charge in [0.2, 0.25) is 11.9 Å². The summed E-state index contributed by atoms with van der Waals surface area (Å²) in [6.07, 6.45) is 2.03. The molecule has 3 aromatic rings. The Hall–Kier alpha value is -2.87. The number of nitrogens with zero attached hydrogens (tertiary/aromatic N) is 5. The fraction of sp³-hybridized carbons (Fsp3) is 0.421. The molecule has 27 heavy (non-hydrogen) atoms. The first-order valence-electron chi connectivity index (χ1n) is 9.28. The van der Waals surface area contributed by atoms with Crippen LogP contribution in [-0.4, -0.2) is 45.3 Å². The van der Waals surface area contributed by atoms with Gasteiger partial charge >= 0.3 is 0 Å². The van der Waals surface area contributed by atoms with Crippen molar-refractivity contribution in [3.8, 4) is 0 Å². The van der Waals surface area contributed by atoms with Crippen molar-refractivity contribution < 1.29 is 0 Å². The molecule has 1 fully saturated rings. The summed E-state index contributed by atoms with van der Waals surface area (Å²) >= 11 is 0. The van der Waals surface area contributed by atoms with Gasteiger partial charge in [0.15, 0.2) is 11.2 Å². The molecular formula is C19H25N7O. The molecule has 0 amide bonds. The molecule has 4 rings (SSSR count). The van der Waals surface area contributed by atoms with Crippen LogP contribution in [0, 0.1) is 0 Å². The number of imidazole rings is 1. The van der Waals surface area contributed by atoms with Gasteiger partial charge in [0.1, 0.15) is 0 Å². The largest absolute Gasteiger partial charge is 0.359 e. The fourth-order valence-electron chi connectivity index (χ4n) is 3.72. The average molecular weight is 367 g/mol. The average Bonchev–Trinajstić information content (AvgIpc) is 3.04. The molecule has 3 N–H and O–H groups in total. The lowest BCUT2D eigenvalue weighted by molar-refractivity contribution is 0.495. The number of nitrogens with two attached hydrogens (primary N) is 1. The van der Waals surface area contributed by atoms with Gasteiger partial charge in [-0.25, -0.2) is 0 Å². The van der Waals surface area contributed by atoms with E-state index in [4.69, 9.17) is 10.7 Å². The first-order valence-corrected chi connectivity index (χ1v) is 9.28. The van der Waals surface area contributed by atoms with E-state index in [9.17, 15) is 4.79 Å². The van der Waals surface area contributed by atoms with Crippen molar-refractivity contribution in [2.75, 3.05) is 30.4 Å². The molecule has 0 saturated carbocycles. The standard InChI is InChI=1S/C19H25N7O/c1-21-18-22-16-15(17(27)24(18)2)26(11-13-7-4-3-5-8-13)19(23-16)25-10-6-9-14(20)12-25/h3-5,7-8,14H,6,9-12,20H2,1-2H3,(H,21,22). The van der Waals surface area contributed by atoms with Crippen molar-refractivity contribution in [1.82, 2.24) is 19.1 Å². The molecule has 1 unspecified atom stereocenters. The number of hydrogen-bond donors (Lipinski definition) is 2. The molecule has 2 aromatic heterocycles. The Morgan fingerprint density at radius 3 is 2.74 bits per heavy atom. The molecule has 0 aliphatic carbocycles. The minimum Gasteiger partial charge on any atom is -0.359 e. The fourth-order valence-corrected chi connectivity index (χ4v) is 3.72. The van der Waals surface area contributed by atoms with E-state index >= 15 is 0 Å². The van der Waals surface area contributed by atoms with Crippen molar-refractivity contribution in [3.63, 3.8) is 0 Å². The van der Waals surface area contributed by atoms with Gasteiger partial charge in [-0.1, -0.05) is 30.3 Å². The predicted octanol–water partition coefficient (Wildman–Crippen LogP) is 1.15. The predicted molar refractivity (Wildman–Crippen MR) is 107 cm³/mol. The lowest BCUT2D eigenvalue weighted by atomic mass is 10.1. The summed E-state index contributed by atoms with van der Waals surface area (Å²) < 4.78 is 3.51. The van der Waals surface area contributed by atoms with E-state index in [0.29, 0.717) is 23.7 Å². The van der Waals surface area contributed by atoms with E-state index < -0.39 is 0 Å². The monoisotopic (exact) mass is 367 g/mol. The van der Waals surface area contributed by atoms with Crippen LogP contribution >= 0.6 is 0 Å². The molecule has 3 heterocycles. The Bertz CT molecular complexity index is 1010. The molecule has 0 spiro atoms. The summed E-state index contributed by atoms with van der Waals surface area (Å²) in [5.41, 5.74) is 8.18. The van der Waals surface area contributed by atoms with E-state index in [1.807, 2.05) is 22.8 Å². The Morgan fingerprint density at radius 1 is 1.26 bits per heavy atom. The van der Waals surface area contributed by atoms with Crippen LogP contribution < -0.4 is 21.5 Å². The Balaban J connectivity index is 1.91. The highest BCUT2D eigenvalue weighted by atomic mass is 16.1. The molecular weight excluding hydrogens is 342 g/mol. The van der Waals surface area contributed by atoms with E-state index in [-0.39, 0.29) is 11.6 Å². The summed E-state index contributed by atoms with van der Waals surface area (Å²) in [7, 11) is 3.47. The lowest BCUT2D eigenvalue weighted by Gasteiger charge is -2.31. The number of piperidine rings is 1. The second-order valence-electron chi connectivity index (χ2n) is 7.05. The van der Waals surface area contributed by atoms with Gasteiger partial charge in [0.05, 0.1) is 6.54 Å². The number of benzene rings is 1. The Kier molecular flexibility index (Phi) is 4.57. The number of anilines is 2. The SMILES string of the molecule is CNc1nc2nc(N3CCCC(N)C3)n(Cc3ccccc3)c2c(=O)n1C. The van der Waals surface area contributed by atoms with Gasteiger partial charge in [-0.2, -0.15) is 9.97 Å². The van der Waals surface area contributed by atoms with Crippen LogP contribution in [0.15, 0.2) is 35.1 Å². The van der Waals surface area contributed by atoms with Crippen LogP contribution in [0.3, 0.4) is 0 Å². The minimum atomic E-state index is -0.111. The van der Waals surface area contributed by atoms with E-state index in [0.717, 1.165) is 37.4 Å². The summed E-state index contributed by atoms with van der Waals surface area (Å²) in [6, 6.07) is 10.2. The third-order valence-electron chi connectivity index (χ3n) is 5.11. The maximum atomic E-state index is 13.1. The molecule has 1 aliphatic rings. The van der Waals surface area contributed by atoms with Crippen molar-refractivity contribution >= 4 is 23.1 Å². The van der Waals surface area contributed by atoms with Gasteiger partial charge < -0.3 is 16.0 Å². The third-order valence-corrected chi connectivity index (χ3v) is 5.11. The second kappa shape index (κ2) is 7.03. The maximum absolute atomic E-state index is 13.1. The number of fused-ring (bicyclic) bond motifs is 1. The summed E-state index contributed by atoms with van der Waals surface area (Å²) in [5, 5.41) is 2.96. The number of nitrogens with one attached hydrogen (secondary N) is 1. The van der Waals surface area contributed by atoms with Crippen LogP contribution in [0.1, 0.15) is 18.4 Å². The van der Waals surface area contributed by atoms with Crippen LogP contribution in [0.5, 0.6) is 0 Å². The molecule has 1 saturated heterocycles. The Morgan fingerprint density at radius 2 is 2.04 bits per heavy atom. The summed E-state index contributed by atoms with van der Waals surface area (Å²) in [4.78, 5) is 24.5.